The highest BCUT2D eigenvalue weighted by Gasteiger charge is 2.14. The number of rotatable bonds is 3. The van der Waals surface area contributed by atoms with Gasteiger partial charge in [-0.1, -0.05) is 18.2 Å². The normalized spacial score (nSPS) is 12.1. The lowest BCUT2D eigenvalue weighted by Crippen LogP contribution is -2.02. The first-order chi connectivity index (χ1) is 8.18. The van der Waals surface area contributed by atoms with Gasteiger partial charge in [-0.05, 0) is 17.7 Å². The molecule has 1 heterocycles. The quantitative estimate of drug-likeness (QED) is 0.646. The van der Waals surface area contributed by atoms with E-state index < -0.39 is 11.0 Å². The van der Waals surface area contributed by atoms with E-state index in [1.807, 2.05) is 0 Å². The summed E-state index contributed by atoms with van der Waals surface area (Å²) in [6.07, 6.45) is 0.617. The average molecular weight is 230 g/mol. The maximum atomic E-state index is 10.6. The largest absolute Gasteiger partial charge is 0.382 e. The maximum Gasteiger partial charge on any atom is 0.269 e. The highest BCUT2D eigenvalue weighted by molar-refractivity contribution is 5.37. The predicted molar refractivity (Wildman–Crippen MR) is 61.4 cm³/mol. The summed E-state index contributed by atoms with van der Waals surface area (Å²) in [6.45, 7) is 0. The molecule has 1 N–H and O–H groups in total. The van der Waals surface area contributed by atoms with Gasteiger partial charge in [-0.25, -0.2) is 0 Å². The maximum absolute atomic E-state index is 10.6. The number of aromatic nitrogens is 1. The van der Waals surface area contributed by atoms with Crippen molar-refractivity contribution in [3.63, 3.8) is 0 Å². The van der Waals surface area contributed by atoms with Crippen molar-refractivity contribution >= 4 is 5.69 Å². The molecule has 86 valence electrons. The van der Waals surface area contributed by atoms with E-state index in [2.05, 4.69) is 4.98 Å². The zero-order valence-corrected chi connectivity index (χ0v) is 8.85. The van der Waals surface area contributed by atoms with Crippen LogP contribution in [0.3, 0.4) is 0 Å². The Bertz CT molecular complexity index is 528. The van der Waals surface area contributed by atoms with E-state index in [0.29, 0.717) is 11.3 Å². The molecule has 0 saturated carbocycles. The molecule has 1 unspecified atom stereocenters. The van der Waals surface area contributed by atoms with E-state index in [1.165, 1.54) is 12.1 Å². The van der Waals surface area contributed by atoms with Gasteiger partial charge in [0, 0.05) is 18.3 Å². The minimum absolute atomic E-state index is 0.0440. The monoisotopic (exact) mass is 230 g/mol. The van der Waals surface area contributed by atoms with Gasteiger partial charge < -0.3 is 5.11 Å². The molecule has 0 aliphatic heterocycles. The Morgan fingerprint density at radius 3 is 2.71 bits per heavy atom. The predicted octanol–water partition coefficient (Wildman–Crippen LogP) is 2.07. The van der Waals surface area contributed by atoms with Crippen molar-refractivity contribution in [3.05, 3.63) is 70.0 Å². The van der Waals surface area contributed by atoms with Crippen LogP contribution in [0.1, 0.15) is 17.4 Å². The van der Waals surface area contributed by atoms with Gasteiger partial charge in [-0.15, -0.1) is 0 Å². The van der Waals surface area contributed by atoms with Crippen LogP contribution in [-0.4, -0.2) is 15.0 Å². The van der Waals surface area contributed by atoms with E-state index in [9.17, 15) is 15.2 Å². The second-order valence-electron chi connectivity index (χ2n) is 3.51. The molecular formula is C12H10N2O3. The summed E-state index contributed by atoms with van der Waals surface area (Å²) in [7, 11) is 0. The number of benzene rings is 1. The van der Waals surface area contributed by atoms with Gasteiger partial charge in [0.25, 0.3) is 5.69 Å². The minimum atomic E-state index is -0.948. The molecule has 0 radical (unpaired) electrons. The van der Waals surface area contributed by atoms with Crippen molar-refractivity contribution < 1.29 is 10.0 Å². The number of aliphatic hydroxyl groups excluding tert-OH is 1. The fourth-order valence-corrected chi connectivity index (χ4v) is 1.52. The van der Waals surface area contributed by atoms with E-state index >= 15 is 0 Å². The molecule has 5 nitrogen and oxygen atoms in total. The summed E-state index contributed by atoms with van der Waals surface area (Å²) >= 11 is 0. The molecule has 0 aliphatic carbocycles. The second kappa shape index (κ2) is 4.71. The number of nitrogens with zero attached hydrogens (tertiary/aromatic N) is 2. The summed E-state index contributed by atoms with van der Waals surface area (Å²) in [5.41, 5.74) is 0.878. The standard InChI is InChI=1S/C12H10N2O3/c15-12(11-6-1-2-7-13-11)9-4-3-5-10(8-9)14(16)17/h1-8,12,15H. The fourth-order valence-electron chi connectivity index (χ4n) is 1.52. The first kappa shape index (κ1) is 11.2. The van der Waals surface area contributed by atoms with Crippen LogP contribution in [0.25, 0.3) is 0 Å². The molecule has 17 heavy (non-hydrogen) atoms. The molecule has 0 bridgehead atoms. The Balaban J connectivity index is 2.34. The van der Waals surface area contributed by atoms with Crippen LogP contribution < -0.4 is 0 Å². The molecule has 0 fully saturated rings. The van der Waals surface area contributed by atoms with E-state index in [4.69, 9.17) is 0 Å². The van der Waals surface area contributed by atoms with Crippen molar-refractivity contribution in [1.29, 1.82) is 0 Å². The van der Waals surface area contributed by atoms with Crippen LogP contribution in [0.15, 0.2) is 48.7 Å². The molecule has 2 aromatic rings. The third-order valence-corrected chi connectivity index (χ3v) is 2.36. The first-order valence-electron chi connectivity index (χ1n) is 5.02. The van der Waals surface area contributed by atoms with Crippen molar-refractivity contribution in [3.8, 4) is 0 Å². The molecule has 2 rings (SSSR count). The minimum Gasteiger partial charge on any atom is -0.382 e. The third kappa shape index (κ3) is 2.46. The van der Waals surface area contributed by atoms with Crippen LogP contribution in [0.5, 0.6) is 0 Å². The topological polar surface area (TPSA) is 76.3 Å². The lowest BCUT2D eigenvalue weighted by molar-refractivity contribution is -0.385. The number of pyridine rings is 1. The van der Waals surface area contributed by atoms with Crippen molar-refractivity contribution in [1.82, 2.24) is 4.98 Å². The van der Waals surface area contributed by atoms with Gasteiger partial charge in [-0.2, -0.15) is 0 Å². The van der Waals surface area contributed by atoms with Crippen molar-refractivity contribution in [2.75, 3.05) is 0 Å². The zero-order chi connectivity index (χ0) is 12.3. The second-order valence-corrected chi connectivity index (χ2v) is 3.51. The summed E-state index contributed by atoms with van der Waals surface area (Å²) < 4.78 is 0. The fraction of sp³-hybridized carbons (Fsp3) is 0.0833. The van der Waals surface area contributed by atoms with E-state index in [1.54, 1.807) is 36.5 Å². The van der Waals surface area contributed by atoms with Crippen LogP contribution in [-0.2, 0) is 0 Å². The number of non-ortho nitro benzene ring substituents is 1. The molecule has 1 aromatic heterocycles. The first-order valence-corrected chi connectivity index (χ1v) is 5.02. The third-order valence-electron chi connectivity index (χ3n) is 2.36. The Labute approximate surface area is 97.5 Å². The Hall–Kier alpha value is -2.27. The summed E-state index contributed by atoms with van der Waals surface area (Å²) in [4.78, 5) is 14.1. The summed E-state index contributed by atoms with van der Waals surface area (Å²) in [5, 5.41) is 20.6. The lowest BCUT2D eigenvalue weighted by atomic mass is 10.1. The van der Waals surface area contributed by atoms with Gasteiger partial charge in [0.05, 0.1) is 10.6 Å². The van der Waals surface area contributed by atoms with Crippen molar-refractivity contribution in [2.24, 2.45) is 0 Å². The highest BCUT2D eigenvalue weighted by Crippen LogP contribution is 2.23. The van der Waals surface area contributed by atoms with Crippen LogP contribution in [0.4, 0.5) is 5.69 Å². The zero-order valence-electron chi connectivity index (χ0n) is 8.85. The Kier molecular flexibility index (Phi) is 3.11. The smallest absolute Gasteiger partial charge is 0.269 e. The molecule has 0 aliphatic rings. The highest BCUT2D eigenvalue weighted by atomic mass is 16.6. The molecule has 0 saturated heterocycles. The number of hydrogen-bond acceptors (Lipinski definition) is 4. The number of nitro groups is 1. The van der Waals surface area contributed by atoms with Gasteiger partial charge in [0.2, 0.25) is 0 Å². The molecule has 0 spiro atoms. The number of hydrogen-bond donors (Lipinski definition) is 1. The Morgan fingerprint density at radius 1 is 1.24 bits per heavy atom. The van der Waals surface area contributed by atoms with Crippen LogP contribution >= 0.6 is 0 Å². The molecule has 1 aromatic carbocycles. The van der Waals surface area contributed by atoms with Crippen LogP contribution in [0, 0.1) is 10.1 Å². The van der Waals surface area contributed by atoms with Gasteiger partial charge in [0.1, 0.15) is 6.10 Å². The van der Waals surface area contributed by atoms with E-state index in [0.717, 1.165) is 0 Å². The van der Waals surface area contributed by atoms with Crippen molar-refractivity contribution in [2.45, 2.75) is 6.10 Å². The van der Waals surface area contributed by atoms with E-state index in [-0.39, 0.29) is 5.69 Å². The molecule has 1 atom stereocenters. The lowest BCUT2D eigenvalue weighted by Gasteiger charge is -2.09. The van der Waals surface area contributed by atoms with Gasteiger partial charge in [0.15, 0.2) is 0 Å². The molecule has 5 heteroatoms. The van der Waals surface area contributed by atoms with Gasteiger partial charge >= 0.3 is 0 Å². The number of nitro benzene ring substituents is 1. The molecule has 0 amide bonds. The Morgan fingerprint density at radius 2 is 2.06 bits per heavy atom. The molecular weight excluding hydrogens is 220 g/mol. The average Bonchev–Trinajstić information content (AvgIpc) is 2.39. The SMILES string of the molecule is O=[N+]([O-])c1cccc(C(O)c2ccccn2)c1. The number of aliphatic hydroxyl groups is 1. The van der Waals surface area contributed by atoms with Crippen LogP contribution in [0.2, 0.25) is 0 Å². The van der Waals surface area contributed by atoms with Gasteiger partial charge in [-0.3, -0.25) is 15.1 Å². The summed E-state index contributed by atoms with van der Waals surface area (Å²) in [5.74, 6) is 0. The summed E-state index contributed by atoms with van der Waals surface area (Å²) in [6, 6.07) is 11.1.